The van der Waals surface area contributed by atoms with Gasteiger partial charge < -0.3 is 5.32 Å². The van der Waals surface area contributed by atoms with Crippen LogP contribution in [0.1, 0.15) is 50.9 Å². The molecule has 1 aliphatic heterocycles. The fourth-order valence-corrected chi connectivity index (χ4v) is 2.82. The van der Waals surface area contributed by atoms with Crippen LogP contribution in [0, 0.1) is 0 Å². The third-order valence-corrected chi connectivity index (χ3v) is 3.95. The first-order valence-electron chi connectivity index (χ1n) is 7.19. The van der Waals surface area contributed by atoms with E-state index >= 15 is 0 Å². The normalized spacial score (nSPS) is 20.1. The number of hydrogen-bond donors (Lipinski definition) is 1. The average molecular weight is 254 g/mol. The predicted molar refractivity (Wildman–Crippen MR) is 80.4 cm³/mol. The van der Waals surface area contributed by atoms with Gasteiger partial charge in [-0.3, -0.25) is 4.98 Å². The molecule has 2 aromatic rings. The zero-order chi connectivity index (χ0) is 13.5. The van der Waals surface area contributed by atoms with Gasteiger partial charge in [0.1, 0.15) is 0 Å². The van der Waals surface area contributed by atoms with Crippen LogP contribution in [-0.2, 0) is 5.41 Å². The van der Waals surface area contributed by atoms with E-state index in [4.69, 9.17) is 4.98 Å². The molecule has 0 bridgehead atoms. The van der Waals surface area contributed by atoms with Gasteiger partial charge in [0.15, 0.2) is 0 Å². The van der Waals surface area contributed by atoms with Crippen molar-refractivity contribution in [2.45, 2.75) is 45.1 Å². The Bertz CT molecular complexity index is 590. The van der Waals surface area contributed by atoms with Gasteiger partial charge in [0.2, 0.25) is 0 Å². The molecule has 0 amide bonds. The molecule has 3 rings (SSSR count). The van der Waals surface area contributed by atoms with Crippen LogP contribution in [0.2, 0.25) is 0 Å². The Morgan fingerprint density at radius 1 is 1.21 bits per heavy atom. The minimum Gasteiger partial charge on any atom is -0.310 e. The highest BCUT2D eigenvalue weighted by Gasteiger charge is 2.23. The van der Waals surface area contributed by atoms with E-state index in [2.05, 4.69) is 56.4 Å². The zero-order valence-electron chi connectivity index (χ0n) is 12.0. The number of nitrogens with one attached hydrogen (secondary N) is 1. The maximum atomic E-state index is 4.85. The second kappa shape index (κ2) is 4.61. The van der Waals surface area contributed by atoms with Crippen molar-refractivity contribution in [1.29, 1.82) is 0 Å². The Labute approximate surface area is 115 Å². The summed E-state index contributed by atoms with van der Waals surface area (Å²) >= 11 is 0. The quantitative estimate of drug-likeness (QED) is 0.833. The van der Waals surface area contributed by atoms with E-state index in [9.17, 15) is 0 Å². The molecule has 0 saturated carbocycles. The van der Waals surface area contributed by atoms with Crippen molar-refractivity contribution in [3.63, 3.8) is 0 Å². The standard InChI is InChI=1S/C17H22N2/c1-17(2,3)16-11-13(14-9-6-10-18-14)12-7-4-5-8-15(12)19-16/h4-5,7-8,11,14,18H,6,9-10H2,1-3H3/t14-/m1/s1. The van der Waals surface area contributed by atoms with E-state index < -0.39 is 0 Å². The third-order valence-electron chi connectivity index (χ3n) is 3.95. The monoisotopic (exact) mass is 254 g/mol. The summed E-state index contributed by atoms with van der Waals surface area (Å²) in [5.74, 6) is 0. The fraction of sp³-hybridized carbons (Fsp3) is 0.471. The van der Waals surface area contributed by atoms with Gasteiger partial charge in [-0.2, -0.15) is 0 Å². The Kier molecular flexibility index (Phi) is 3.06. The molecule has 2 nitrogen and oxygen atoms in total. The summed E-state index contributed by atoms with van der Waals surface area (Å²) in [7, 11) is 0. The average Bonchev–Trinajstić information content (AvgIpc) is 2.90. The lowest BCUT2D eigenvalue weighted by Gasteiger charge is -2.22. The first kappa shape index (κ1) is 12.6. The maximum absolute atomic E-state index is 4.85. The smallest absolute Gasteiger partial charge is 0.0708 e. The summed E-state index contributed by atoms with van der Waals surface area (Å²) in [4.78, 5) is 4.85. The minimum atomic E-state index is 0.0946. The number of rotatable bonds is 1. The summed E-state index contributed by atoms with van der Waals surface area (Å²) in [5, 5.41) is 4.92. The Hall–Kier alpha value is -1.41. The zero-order valence-corrected chi connectivity index (χ0v) is 12.0. The van der Waals surface area contributed by atoms with Crippen LogP contribution < -0.4 is 5.32 Å². The van der Waals surface area contributed by atoms with Gasteiger partial charge in [-0.25, -0.2) is 0 Å². The van der Waals surface area contributed by atoms with Gasteiger partial charge in [-0.1, -0.05) is 39.0 Å². The number of nitrogens with zero attached hydrogens (tertiary/aromatic N) is 1. The van der Waals surface area contributed by atoms with Crippen LogP contribution in [0.3, 0.4) is 0 Å². The van der Waals surface area contributed by atoms with Crippen LogP contribution in [0.4, 0.5) is 0 Å². The van der Waals surface area contributed by atoms with E-state index in [0.717, 1.165) is 12.1 Å². The maximum Gasteiger partial charge on any atom is 0.0708 e. The van der Waals surface area contributed by atoms with Crippen LogP contribution >= 0.6 is 0 Å². The number of aromatic nitrogens is 1. The number of benzene rings is 1. The molecule has 1 fully saturated rings. The molecular weight excluding hydrogens is 232 g/mol. The summed E-state index contributed by atoms with van der Waals surface area (Å²) < 4.78 is 0. The Balaban J connectivity index is 2.21. The van der Waals surface area contributed by atoms with Crippen molar-refractivity contribution in [3.8, 4) is 0 Å². The van der Waals surface area contributed by atoms with E-state index in [1.807, 2.05) is 0 Å². The largest absolute Gasteiger partial charge is 0.310 e. The topological polar surface area (TPSA) is 24.9 Å². The number of fused-ring (bicyclic) bond motifs is 1. The number of hydrogen-bond acceptors (Lipinski definition) is 2. The summed E-state index contributed by atoms with van der Waals surface area (Å²) in [6, 6.07) is 11.3. The fourth-order valence-electron chi connectivity index (χ4n) is 2.82. The summed E-state index contributed by atoms with van der Waals surface area (Å²) in [6.45, 7) is 7.83. The van der Waals surface area contributed by atoms with E-state index in [1.165, 1.54) is 29.5 Å². The lowest BCUT2D eigenvalue weighted by atomic mass is 9.88. The minimum absolute atomic E-state index is 0.0946. The SMILES string of the molecule is CC(C)(C)c1cc([C@H]2CCCN2)c2ccccc2n1. The predicted octanol–water partition coefficient (Wildman–Crippen LogP) is 3.96. The summed E-state index contributed by atoms with van der Waals surface area (Å²) in [6.07, 6.45) is 2.50. The van der Waals surface area contributed by atoms with E-state index in [-0.39, 0.29) is 5.41 Å². The van der Waals surface area contributed by atoms with Gasteiger partial charge >= 0.3 is 0 Å². The van der Waals surface area contributed by atoms with Gasteiger partial charge in [0, 0.05) is 22.5 Å². The van der Waals surface area contributed by atoms with Gasteiger partial charge in [-0.05, 0) is 37.1 Å². The van der Waals surface area contributed by atoms with E-state index in [1.54, 1.807) is 0 Å². The van der Waals surface area contributed by atoms with Crippen molar-refractivity contribution in [1.82, 2.24) is 10.3 Å². The highest BCUT2D eigenvalue weighted by atomic mass is 14.9. The highest BCUT2D eigenvalue weighted by molar-refractivity contribution is 5.83. The van der Waals surface area contributed by atoms with Crippen LogP contribution in [0.25, 0.3) is 10.9 Å². The second-order valence-corrected chi connectivity index (χ2v) is 6.51. The molecular formula is C17H22N2. The van der Waals surface area contributed by atoms with E-state index in [0.29, 0.717) is 6.04 Å². The molecule has 100 valence electrons. The highest BCUT2D eigenvalue weighted by Crippen LogP contribution is 2.32. The molecule has 0 aliphatic carbocycles. The second-order valence-electron chi connectivity index (χ2n) is 6.51. The lowest BCUT2D eigenvalue weighted by Crippen LogP contribution is -2.18. The first-order valence-corrected chi connectivity index (χ1v) is 7.19. The Morgan fingerprint density at radius 2 is 2.00 bits per heavy atom. The molecule has 1 N–H and O–H groups in total. The molecule has 0 spiro atoms. The summed E-state index contributed by atoms with van der Waals surface area (Å²) in [5.41, 5.74) is 3.83. The molecule has 0 unspecified atom stereocenters. The van der Waals surface area contributed by atoms with Crippen LogP contribution in [-0.4, -0.2) is 11.5 Å². The molecule has 1 aromatic heterocycles. The third kappa shape index (κ3) is 2.37. The van der Waals surface area contributed by atoms with Crippen LogP contribution in [0.15, 0.2) is 30.3 Å². The molecule has 0 radical (unpaired) electrons. The molecule has 19 heavy (non-hydrogen) atoms. The molecule has 1 aliphatic rings. The molecule has 1 aromatic carbocycles. The number of pyridine rings is 1. The van der Waals surface area contributed by atoms with Gasteiger partial charge in [0.25, 0.3) is 0 Å². The van der Waals surface area contributed by atoms with Gasteiger partial charge in [-0.15, -0.1) is 0 Å². The first-order chi connectivity index (χ1) is 9.05. The van der Waals surface area contributed by atoms with Crippen molar-refractivity contribution in [2.75, 3.05) is 6.54 Å². The van der Waals surface area contributed by atoms with Crippen molar-refractivity contribution < 1.29 is 0 Å². The number of para-hydroxylation sites is 1. The van der Waals surface area contributed by atoms with Gasteiger partial charge in [0.05, 0.1) is 5.52 Å². The van der Waals surface area contributed by atoms with Crippen LogP contribution in [0.5, 0.6) is 0 Å². The lowest BCUT2D eigenvalue weighted by molar-refractivity contribution is 0.566. The molecule has 1 atom stereocenters. The molecule has 2 heterocycles. The molecule has 2 heteroatoms. The Morgan fingerprint density at radius 3 is 2.68 bits per heavy atom. The van der Waals surface area contributed by atoms with Crippen molar-refractivity contribution in [2.24, 2.45) is 0 Å². The van der Waals surface area contributed by atoms with Crippen molar-refractivity contribution in [3.05, 3.63) is 41.6 Å². The molecule has 1 saturated heterocycles. The van der Waals surface area contributed by atoms with Crippen molar-refractivity contribution >= 4 is 10.9 Å².